The number of anilines is 1. The van der Waals surface area contributed by atoms with Crippen LogP contribution in [-0.2, 0) is 11.2 Å². The van der Waals surface area contributed by atoms with Gasteiger partial charge in [-0.05, 0) is 60.7 Å². The largest absolute Gasteiger partial charge is 0.399 e. The van der Waals surface area contributed by atoms with Gasteiger partial charge < -0.3 is 16.0 Å². The third kappa shape index (κ3) is 4.52. The Morgan fingerprint density at radius 2 is 1.69 bits per heavy atom. The topological polar surface area (TPSA) is 75.4 Å². The molecule has 3 N–H and O–H groups in total. The van der Waals surface area contributed by atoms with E-state index in [1.54, 1.807) is 29.2 Å². The molecule has 1 fully saturated rings. The first-order valence-electron chi connectivity index (χ1n) is 11.1. The normalized spacial score (nSPS) is 17.8. The molecule has 3 aromatic carbocycles. The fraction of sp³-hybridized carbons (Fsp3) is 0.259. The summed E-state index contributed by atoms with van der Waals surface area (Å²) in [5.41, 5.74) is 9.70. The maximum absolute atomic E-state index is 13.2. The molecule has 0 aliphatic carbocycles. The van der Waals surface area contributed by atoms with Crippen LogP contribution in [0, 0.1) is 5.41 Å². The van der Waals surface area contributed by atoms with Crippen molar-refractivity contribution in [2.75, 3.05) is 25.4 Å². The van der Waals surface area contributed by atoms with Crippen LogP contribution in [0.5, 0.6) is 0 Å². The molecule has 3 aromatic rings. The van der Waals surface area contributed by atoms with Crippen molar-refractivity contribution >= 4 is 17.5 Å². The number of hydrogen-bond donors (Lipinski definition) is 2. The molecule has 0 aromatic heterocycles. The maximum Gasteiger partial charge on any atom is 0.253 e. The number of amides is 2. The second-order valence-corrected chi connectivity index (χ2v) is 8.48. The zero-order chi connectivity index (χ0) is 22.6. The molecule has 1 heterocycles. The third-order valence-electron chi connectivity index (χ3n) is 6.19. The lowest BCUT2D eigenvalue weighted by Gasteiger charge is -2.28. The van der Waals surface area contributed by atoms with Gasteiger partial charge >= 0.3 is 0 Å². The van der Waals surface area contributed by atoms with Crippen LogP contribution in [0.15, 0.2) is 78.9 Å². The van der Waals surface area contributed by atoms with Gasteiger partial charge in [-0.3, -0.25) is 9.59 Å². The Morgan fingerprint density at radius 3 is 2.41 bits per heavy atom. The molecule has 0 bridgehead atoms. The van der Waals surface area contributed by atoms with Crippen molar-refractivity contribution in [2.45, 2.75) is 19.8 Å². The van der Waals surface area contributed by atoms with E-state index in [0.29, 0.717) is 43.7 Å². The van der Waals surface area contributed by atoms with E-state index in [1.165, 1.54) is 0 Å². The van der Waals surface area contributed by atoms with E-state index in [2.05, 4.69) is 35.6 Å². The van der Waals surface area contributed by atoms with Gasteiger partial charge in [-0.15, -0.1) is 0 Å². The van der Waals surface area contributed by atoms with Gasteiger partial charge in [0.2, 0.25) is 5.91 Å². The first-order valence-corrected chi connectivity index (χ1v) is 11.1. The van der Waals surface area contributed by atoms with Crippen molar-refractivity contribution in [1.82, 2.24) is 10.2 Å². The Balaban J connectivity index is 1.59. The minimum atomic E-state index is -0.644. The molecule has 4 rings (SSSR count). The first-order chi connectivity index (χ1) is 15.5. The van der Waals surface area contributed by atoms with Gasteiger partial charge in [-0.1, -0.05) is 54.6 Å². The van der Waals surface area contributed by atoms with E-state index in [4.69, 9.17) is 5.73 Å². The highest BCUT2D eigenvalue weighted by molar-refractivity contribution is 5.95. The number of rotatable bonds is 6. The summed E-state index contributed by atoms with van der Waals surface area (Å²) in [6.45, 7) is 3.45. The quantitative estimate of drug-likeness (QED) is 0.581. The molecule has 5 nitrogen and oxygen atoms in total. The summed E-state index contributed by atoms with van der Waals surface area (Å²) in [4.78, 5) is 28.1. The van der Waals surface area contributed by atoms with Crippen molar-refractivity contribution in [3.05, 3.63) is 90.0 Å². The van der Waals surface area contributed by atoms with E-state index in [0.717, 1.165) is 16.7 Å². The molecule has 1 aliphatic heterocycles. The number of nitrogens with two attached hydrogens (primary N) is 1. The maximum atomic E-state index is 13.2. The summed E-state index contributed by atoms with van der Waals surface area (Å²) >= 11 is 0. The molecule has 1 atom stereocenters. The molecule has 32 heavy (non-hydrogen) atoms. The molecule has 1 saturated heterocycles. The lowest BCUT2D eigenvalue weighted by atomic mass is 9.79. The minimum Gasteiger partial charge on any atom is -0.399 e. The van der Waals surface area contributed by atoms with Crippen LogP contribution in [0.2, 0.25) is 0 Å². The molecule has 2 amide bonds. The van der Waals surface area contributed by atoms with Crippen LogP contribution in [0.25, 0.3) is 11.1 Å². The van der Waals surface area contributed by atoms with Crippen LogP contribution in [0.3, 0.4) is 0 Å². The number of nitrogens with one attached hydrogen (secondary N) is 1. The van der Waals surface area contributed by atoms with Gasteiger partial charge in [0.15, 0.2) is 0 Å². The molecule has 164 valence electrons. The van der Waals surface area contributed by atoms with Crippen LogP contribution in [0.4, 0.5) is 5.69 Å². The number of carbonyl (C=O) groups is 2. The Bertz CT molecular complexity index is 1100. The summed E-state index contributed by atoms with van der Waals surface area (Å²) in [6, 6.07) is 25.5. The van der Waals surface area contributed by atoms with E-state index in [1.807, 2.05) is 31.2 Å². The predicted molar refractivity (Wildman–Crippen MR) is 128 cm³/mol. The number of carbonyl (C=O) groups excluding carboxylic acids is 2. The van der Waals surface area contributed by atoms with Gasteiger partial charge in [0.25, 0.3) is 5.91 Å². The van der Waals surface area contributed by atoms with E-state index in [-0.39, 0.29) is 11.8 Å². The van der Waals surface area contributed by atoms with E-state index >= 15 is 0 Å². The second-order valence-electron chi connectivity index (χ2n) is 8.48. The second kappa shape index (κ2) is 9.27. The van der Waals surface area contributed by atoms with E-state index < -0.39 is 5.41 Å². The number of nitrogen functional groups attached to an aromatic ring is 1. The Morgan fingerprint density at radius 1 is 0.969 bits per heavy atom. The first kappa shape index (κ1) is 21.6. The highest BCUT2D eigenvalue weighted by Gasteiger charge is 2.45. The highest BCUT2D eigenvalue weighted by Crippen LogP contribution is 2.36. The van der Waals surface area contributed by atoms with Crippen molar-refractivity contribution in [3.8, 4) is 11.1 Å². The van der Waals surface area contributed by atoms with E-state index in [9.17, 15) is 9.59 Å². The van der Waals surface area contributed by atoms with Crippen molar-refractivity contribution < 1.29 is 9.59 Å². The molecule has 5 heteroatoms. The fourth-order valence-corrected chi connectivity index (χ4v) is 4.49. The van der Waals surface area contributed by atoms with Gasteiger partial charge in [-0.2, -0.15) is 0 Å². The molecule has 0 spiro atoms. The number of hydrogen-bond acceptors (Lipinski definition) is 3. The summed E-state index contributed by atoms with van der Waals surface area (Å²) in [5, 5.41) is 3.01. The molecule has 0 saturated carbocycles. The standard InChI is InChI=1S/C27H29N3O2/c1-2-29-26(32)27(15-16-30(19-27)25(31)22-11-13-24(28)14-12-22)18-20-7-6-10-23(17-20)21-8-4-3-5-9-21/h3-14,17H,2,15-16,18-19,28H2,1H3,(H,29,32)/t27-/m1/s1. The lowest BCUT2D eigenvalue weighted by molar-refractivity contribution is -0.130. The Labute approximate surface area is 189 Å². The van der Waals surface area contributed by atoms with Crippen molar-refractivity contribution in [3.63, 3.8) is 0 Å². The average Bonchev–Trinajstić information content (AvgIpc) is 3.25. The number of benzene rings is 3. The van der Waals surface area contributed by atoms with Crippen molar-refractivity contribution in [1.29, 1.82) is 0 Å². The molecular weight excluding hydrogens is 398 g/mol. The van der Waals surface area contributed by atoms with Gasteiger partial charge in [-0.25, -0.2) is 0 Å². The molecule has 0 radical (unpaired) electrons. The van der Waals surface area contributed by atoms with Crippen LogP contribution < -0.4 is 11.1 Å². The smallest absolute Gasteiger partial charge is 0.253 e. The predicted octanol–water partition coefficient (Wildman–Crippen LogP) is 4.15. The average molecular weight is 428 g/mol. The third-order valence-corrected chi connectivity index (χ3v) is 6.19. The summed E-state index contributed by atoms with van der Waals surface area (Å²) in [6.07, 6.45) is 1.22. The van der Waals surface area contributed by atoms with Gasteiger partial charge in [0.05, 0.1) is 5.41 Å². The minimum absolute atomic E-state index is 0.0118. The summed E-state index contributed by atoms with van der Waals surface area (Å²) in [7, 11) is 0. The van der Waals surface area contributed by atoms with Gasteiger partial charge in [0, 0.05) is 30.9 Å². The van der Waals surface area contributed by atoms with Crippen LogP contribution in [-0.4, -0.2) is 36.3 Å². The lowest BCUT2D eigenvalue weighted by Crippen LogP contribution is -2.45. The Kier molecular flexibility index (Phi) is 6.26. The molecule has 0 unspecified atom stereocenters. The Hall–Kier alpha value is -3.60. The van der Waals surface area contributed by atoms with Crippen LogP contribution in [0.1, 0.15) is 29.3 Å². The zero-order valence-electron chi connectivity index (χ0n) is 18.4. The van der Waals surface area contributed by atoms with Crippen LogP contribution >= 0.6 is 0 Å². The molecule has 1 aliphatic rings. The monoisotopic (exact) mass is 427 g/mol. The summed E-state index contributed by atoms with van der Waals surface area (Å²) < 4.78 is 0. The summed E-state index contributed by atoms with van der Waals surface area (Å²) in [5.74, 6) is -0.0491. The van der Waals surface area contributed by atoms with Crippen molar-refractivity contribution in [2.24, 2.45) is 5.41 Å². The zero-order valence-corrected chi connectivity index (χ0v) is 18.4. The fourth-order valence-electron chi connectivity index (χ4n) is 4.49. The number of nitrogens with zero attached hydrogens (tertiary/aromatic N) is 1. The number of likely N-dealkylation sites (tertiary alicyclic amines) is 1. The SMILES string of the molecule is CCNC(=O)[C@@]1(Cc2cccc(-c3ccccc3)c2)CCN(C(=O)c2ccc(N)cc2)C1. The molecular formula is C27H29N3O2. The highest BCUT2D eigenvalue weighted by atomic mass is 16.2. The van der Waals surface area contributed by atoms with Gasteiger partial charge in [0.1, 0.15) is 0 Å².